The van der Waals surface area contributed by atoms with Crippen LogP contribution in [-0.2, 0) is 19.2 Å². The molecular weight excluding hydrogens is 280 g/mol. The number of aliphatic carboxylic acids is 1. The van der Waals surface area contributed by atoms with Crippen molar-refractivity contribution in [1.29, 1.82) is 0 Å². The van der Waals surface area contributed by atoms with E-state index in [9.17, 15) is 19.2 Å². The van der Waals surface area contributed by atoms with Gasteiger partial charge in [0.2, 0.25) is 17.7 Å². The Labute approximate surface area is 122 Å². The molecule has 0 aromatic heterocycles. The van der Waals surface area contributed by atoms with Gasteiger partial charge in [-0.05, 0) is 12.8 Å². The van der Waals surface area contributed by atoms with Crippen LogP contribution in [0, 0.1) is 5.92 Å². The smallest absolute Gasteiger partial charge is 0.322 e. The standard InChI is InChI=1S/C12H22N4O5/c1-6(2)10(12(21)15-5-9(18)19)16-8(17)4-14-11(20)7(3)13/h6-7,10H,4-5,13H2,1-3H3,(H,14,20)(H,15,21)(H,16,17)(H,18,19). The molecule has 0 spiro atoms. The maximum absolute atomic E-state index is 11.8. The van der Waals surface area contributed by atoms with Crippen LogP contribution in [0.4, 0.5) is 0 Å². The number of nitrogens with two attached hydrogens (primary N) is 1. The molecule has 0 radical (unpaired) electrons. The number of carboxylic acids is 1. The Morgan fingerprint density at radius 3 is 1.95 bits per heavy atom. The van der Waals surface area contributed by atoms with Crippen molar-refractivity contribution in [3.8, 4) is 0 Å². The van der Waals surface area contributed by atoms with E-state index in [0.717, 1.165) is 0 Å². The van der Waals surface area contributed by atoms with E-state index in [-0.39, 0.29) is 12.5 Å². The van der Waals surface area contributed by atoms with Crippen LogP contribution in [0.25, 0.3) is 0 Å². The summed E-state index contributed by atoms with van der Waals surface area (Å²) in [5.41, 5.74) is 5.32. The number of nitrogens with one attached hydrogen (secondary N) is 3. The molecule has 0 aromatic carbocycles. The van der Waals surface area contributed by atoms with Gasteiger partial charge in [-0.3, -0.25) is 19.2 Å². The number of rotatable bonds is 8. The lowest BCUT2D eigenvalue weighted by atomic mass is 10.0. The molecule has 0 aliphatic rings. The molecule has 0 heterocycles. The van der Waals surface area contributed by atoms with Gasteiger partial charge in [0.1, 0.15) is 12.6 Å². The molecule has 0 fully saturated rings. The van der Waals surface area contributed by atoms with Gasteiger partial charge in [-0.25, -0.2) is 0 Å². The summed E-state index contributed by atoms with van der Waals surface area (Å²) >= 11 is 0. The third kappa shape index (κ3) is 7.88. The Hall–Kier alpha value is -2.16. The summed E-state index contributed by atoms with van der Waals surface area (Å²) in [5.74, 6) is -3.07. The van der Waals surface area contributed by atoms with Gasteiger partial charge in [0, 0.05) is 0 Å². The Morgan fingerprint density at radius 2 is 1.52 bits per heavy atom. The zero-order chi connectivity index (χ0) is 16.6. The van der Waals surface area contributed by atoms with Gasteiger partial charge in [-0.15, -0.1) is 0 Å². The summed E-state index contributed by atoms with van der Waals surface area (Å²) in [6.45, 7) is 4.04. The van der Waals surface area contributed by atoms with Crippen LogP contribution in [0.3, 0.4) is 0 Å². The van der Waals surface area contributed by atoms with Crippen molar-refractivity contribution in [3.63, 3.8) is 0 Å². The van der Waals surface area contributed by atoms with Crippen LogP contribution in [0.5, 0.6) is 0 Å². The maximum atomic E-state index is 11.8. The molecule has 9 nitrogen and oxygen atoms in total. The molecule has 0 aromatic rings. The van der Waals surface area contributed by atoms with Crippen molar-refractivity contribution < 1.29 is 24.3 Å². The van der Waals surface area contributed by atoms with E-state index < -0.39 is 42.3 Å². The minimum absolute atomic E-state index is 0.244. The van der Waals surface area contributed by atoms with E-state index in [1.165, 1.54) is 6.92 Å². The highest BCUT2D eigenvalue weighted by Crippen LogP contribution is 2.01. The van der Waals surface area contributed by atoms with Gasteiger partial charge < -0.3 is 26.8 Å². The van der Waals surface area contributed by atoms with Crippen molar-refractivity contribution in [3.05, 3.63) is 0 Å². The molecule has 0 bridgehead atoms. The molecule has 9 heteroatoms. The van der Waals surface area contributed by atoms with Crippen LogP contribution < -0.4 is 21.7 Å². The fourth-order valence-electron chi connectivity index (χ4n) is 1.36. The van der Waals surface area contributed by atoms with Crippen molar-refractivity contribution in [2.75, 3.05) is 13.1 Å². The molecule has 0 aliphatic heterocycles. The molecular formula is C12H22N4O5. The van der Waals surface area contributed by atoms with Crippen molar-refractivity contribution in [2.45, 2.75) is 32.9 Å². The second-order valence-electron chi connectivity index (χ2n) is 4.91. The molecule has 3 amide bonds. The van der Waals surface area contributed by atoms with Crippen LogP contribution >= 0.6 is 0 Å². The highest BCUT2D eigenvalue weighted by molar-refractivity contribution is 5.91. The number of carbonyl (C=O) groups excluding carboxylic acids is 3. The van der Waals surface area contributed by atoms with E-state index in [1.54, 1.807) is 13.8 Å². The molecule has 0 rings (SSSR count). The lowest BCUT2D eigenvalue weighted by Gasteiger charge is -2.21. The first-order valence-corrected chi connectivity index (χ1v) is 6.47. The van der Waals surface area contributed by atoms with E-state index in [1.807, 2.05) is 0 Å². The Bertz CT molecular complexity index is 408. The minimum atomic E-state index is -1.18. The largest absolute Gasteiger partial charge is 0.480 e. The fourth-order valence-corrected chi connectivity index (χ4v) is 1.36. The number of carboxylic acid groups (broad SMARTS) is 1. The summed E-state index contributed by atoms with van der Waals surface area (Å²) in [5, 5.41) is 15.4. The monoisotopic (exact) mass is 302 g/mol. The molecule has 6 N–H and O–H groups in total. The number of hydrogen-bond donors (Lipinski definition) is 5. The van der Waals surface area contributed by atoms with E-state index in [0.29, 0.717) is 0 Å². The second kappa shape index (κ2) is 8.90. The predicted molar refractivity (Wildman–Crippen MR) is 74.1 cm³/mol. The number of carbonyl (C=O) groups is 4. The predicted octanol–water partition coefficient (Wildman–Crippen LogP) is -2.21. The Balaban J connectivity index is 4.43. The van der Waals surface area contributed by atoms with Crippen LogP contribution in [0.15, 0.2) is 0 Å². The average molecular weight is 302 g/mol. The Morgan fingerprint density at radius 1 is 1.00 bits per heavy atom. The van der Waals surface area contributed by atoms with Crippen LogP contribution in [0.1, 0.15) is 20.8 Å². The maximum Gasteiger partial charge on any atom is 0.322 e. The topological polar surface area (TPSA) is 151 Å². The highest BCUT2D eigenvalue weighted by Gasteiger charge is 2.24. The van der Waals surface area contributed by atoms with Gasteiger partial charge in [0.15, 0.2) is 0 Å². The fraction of sp³-hybridized carbons (Fsp3) is 0.667. The van der Waals surface area contributed by atoms with E-state index >= 15 is 0 Å². The van der Waals surface area contributed by atoms with Crippen molar-refractivity contribution in [2.24, 2.45) is 11.7 Å². The van der Waals surface area contributed by atoms with Gasteiger partial charge in [-0.1, -0.05) is 13.8 Å². The summed E-state index contributed by atoms with van der Waals surface area (Å²) in [7, 11) is 0. The number of amides is 3. The van der Waals surface area contributed by atoms with Gasteiger partial charge >= 0.3 is 5.97 Å². The zero-order valence-electron chi connectivity index (χ0n) is 12.3. The average Bonchev–Trinajstić information content (AvgIpc) is 2.38. The third-order valence-corrected chi connectivity index (χ3v) is 2.52. The molecule has 0 aliphatic carbocycles. The van der Waals surface area contributed by atoms with Gasteiger partial charge in [0.25, 0.3) is 0 Å². The summed E-state index contributed by atoms with van der Waals surface area (Å²) in [6.07, 6.45) is 0. The van der Waals surface area contributed by atoms with E-state index in [2.05, 4.69) is 16.0 Å². The molecule has 0 saturated heterocycles. The second-order valence-corrected chi connectivity index (χ2v) is 4.91. The first-order valence-electron chi connectivity index (χ1n) is 6.47. The first-order chi connectivity index (χ1) is 9.65. The molecule has 2 unspecified atom stereocenters. The lowest BCUT2D eigenvalue weighted by Crippen LogP contribution is -2.53. The Kier molecular flexibility index (Phi) is 7.99. The minimum Gasteiger partial charge on any atom is -0.480 e. The third-order valence-electron chi connectivity index (χ3n) is 2.52. The summed E-state index contributed by atoms with van der Waals surface area (Å²) in [6, 6.07) is -1.62. The van der Waals surface area contributed by atoms with Gasteiger partial charge in [-0.2, -0.15) is 0 Å². The van der Waals surface area contributed by atoms with Crippen LogP contribution in [-0.4, -0.2) is 54.0 Å². The SMILES string of the molecule is CC(N)C(=O)NCC(=O)NC(C(=O)NCC(=O)O)C(C)C. The quantitative estimate of drug-likeness (QED) is 0.343. The lowest BCUT2D eigenvalue weighted by molar-refractivity contribution is -0.138. The molecule has 21 heavy (non-hydrogen) atoms. The normalized spacial score (nSPS) is 13.2. The van der Waals surface area contributed by atoms with Crippen LogP contribution in [0.2, 0.25) is 0 Å². The zero-order valence-corrected chi connectivity index (χ0v) is 12.3. The van der Waals surface area contributed by atoms with E-state index in [4.69, 9.17) is 10.8 Å². The highest BCUT2D eigenvalue weighted by atomic mass is 16.4. The first kappa shape index (κ1) is 18.8. The molecule has 120 valence electrons. The molecule has 0 saturated carbocycles. The van der Waals surface area contributed by atoms with Crippen molar-refractivity contribution in [1.82, 2.24) is 16.0 Å². The summed E-state index contributed by atoms with van der Waals surface area (Å²) in [4.78, 5) is 45.1. The van der Waals surface area contributed by atoms with Gasteiger partial charge in [0.05, 0.1) is 12.6 Å². The van der Waals surface area contributed by atoms with Crippen molar-refractivity contribution >= 4 is 23.7 Å². The summed E-state index contributed by atoms with van der Waals surface area (Å²) < 4.78 is 0. The number of hydrogen-bond acceptors (Lipinski definition) is 5. The molecule has 2 atom stereocenters.